The van der Waals surface area contributed by atoms with E-state index in [0.29, 0.717) is 55.5 Å². The number of pyridine rings is 1. The fourth-order valence-electron chi connectivity index (χ4n) is 4.75. The molecular weight excluding hydrogens is 520 g/mol. The zero-order valence-corrected chi connectivity index (χ0v) is 22.9. The van der Waals surface area contributed by atoms with Gasteiger partial charge in [-0.05, 0) is 29.8 Å². The molecule has 0 spiro atoms. The van der Waals surface area contributed by atoms with Crippen molar-refractivity contribution in [2.45, 2.75) is 6.42 Å². The maximum Gasteiger partial charge on any atom is 0.266 e. The van der Waals surface area contributed by atoms with E-state index in [1.165, 1.54) is 26.2 Å². The average molecular weight is 547 g/mol. The second kappa shape index (κ2) is 10.3. The molecule has 10 heteroatoms. The van der Waals surface area contributed by atoms with Crippen LogP contribution in [0.15, 0.2) is 65.6 Å². The van der Waals surface area contributed by atoms with Crippen LogP contribution in [0.25, 0.3) is 27.5 Å². The summed E-state index contributed by atoms with van der Waals surface area (Å²) in [7, 11) is 8.02. The van der Waals surface area contributed by atoms with E-state index >= 15 is 0 Å². The Morgan fingerprint density at radius 1 is 1.00 bits per heavy atom. The van der Waals surface area contributed by atoms with E-state index in [1.807, 2.05) is 30.3 Å². The number of hydrogen-bond donors (Lipinski definition) is 0. The van der Waals surface area contributed by atoms with E-state index in [2.05, 4.69) is 5.10 Å². The quantitative estimate of drug-likeness (QED) is 0.292. The van der Waals surface area contributed by atoms with Gasteiger partial charge < -0.3 is 19.1 Å². The number of nitrogens with zero attached hydrogens (tertiary/aromatic N) is 4. The van der Waals surface area contributed by atoms with E-state index in [0.717, 1.165) is 5.56 Å². The van der Waals surface area contributed by atoms with Gasteiger partial charge >= 0.3 is 0 Å². The van der Waals surface area contributed by atoms with Gasteiger partial charge in [-0.15, -0.1) is 0 Å². The molecule has 3 aromatic carbocycles. The summed E-state index contributed by atoms with van der Waals surface area (Å²) in [6.45, 7) is 0. The van der Waals surface area contributed by atoms with E-state index in [-0.39, 0.29) is 17.9 Å². The third-order valence-electron chi connectivity index (χ3n) is 6.67. The van der Waals surface area contributed by atoms with E-state index in [1.54, 1.807) is 53.8 Å². The molecule has 0 aliphatic heterocycles. The highest BCUT2D eigenvalue weighted by atomic mass is 35.5. The van der Waals surface area contributed by atoms with Crippen molar-refractivity contribution in [1.82, 2.24) is 14.3 Å². The van der Waals surface area contributed by atoms with Crippen molar-refractivity contribution in [3.05, 3.63) is 81.7 Å². The van der Waals surface area contributed by atoms with Crippen LogP contribution < -0.4 is 24.7 Å². The molecule has 2 aromatic heterocycles. The van der Waals surface area contributed by atoms with Crippen LogP contribution in [0.5, 0.6) is 17.2 Å². The first kappa shape index (κ1) is 26.1. The second-order valence-electron chi connectivity index (χ2n) is 9.02. The number of amides is 1. The average Bonchev–Trinajstić information content (AvgIpc) is 3.33. The van der Waals surface area contributed by atoms with E-state index in [9.17, 15) is 9.59 Å². The maximum absolute atomic E-state index is 13.6. The van der Waals surface area contributed by atoms with Crippen LogP contribution >= 0.6 is 11.6 Å². The molecule has 5 aromatic rings. The summed E-state index contributed by atoms with van der Waals surface area (Å²) in [6.07, 6.45) is 1.79. The summed E-state index contributed by atoms with van der Waals surface area (Å²) in [4.78, 5) is 28.5. The molecule has 1 amide bonds. The number of ether oxygens (including phenoxy) is 3. The molecule has 0 saturated carbocycles. The lowest BCUT2D eigenvalue weighted by molar-refractivity contribution is -0.117. The largest absolute Gasteiger partial charge is 0.493 e. The topological polar surface area (TPSA) is 87.8 Å². The molecule has 0 bridgehead atoms. The summed E-state index contributed by atoms with van der Waals surface area (Å²) in [5, 5.41) is 6.14. The van der Waals surface area contributed by atoms with Gasteiger partial charge in [0.2, 0.25) is 11.7 Å². The highest BCUT2D eigenvalue weighted by Gasteiger charge is 2.20. The van der Waals surface area contributed by atoms with Crippen LogP contribution in [0, 0.1) is 0 Å². The zero-order chi connectivity index (χ0) is 27.8. The molecule has 200 valence electrons. The van der Waals surface area contributed by atoms with Gasteiger partial charge in [0.25, 0.3) is 5.56 Å². The van der Waals surface area contributed by atoms with Gasteiger partial charge in [0.1, 0.15) is 5.52 Å². The van der Waals surface area contributed by atoms with Gasteiger partial charge in [0.15, 0.2) is 11.5 Å². The molecule has 0 unspecified atom stereocenters. The molecule has 9 nitrogen and oxygen atoms in total. The molecular formula is C29H27ClN4O5. The number of aryl methyl sites for hydroxylation is 1. The minimum absolute atomic E-state index is 0.101. The molecule has 0 aliphatic carbocycles. The summed E-state index contributed by atoms with van der Waals surface area (Å²) in [5.74, 6) is 1.18. The lowest BCUT2D eigenvalue weighted by Crippen LogP contribution is -2.28. The molecule has 0 aliphatic rings. The van der Waals surface area contributed by atoms with Gasteiger partial charge in [-0.25, -0.2) is 0 Å². The Hall–Kier alpha value is -4.50. The van der Waals surface area contributed by atoms with Crippen LogP contribution in [0.4, 0.5) is 5.69 Å². The van der Waals surface area contributed by atoms with Crippen molar-refractivity contribution in [1.29, 1.82) is 0 Å². The van der Waals surface area contributed by atoms with Crippen LogP contribution in [-0.2, 0) is 18.3 Å². The number of anilines is 1. The molecule has 0 fully saturated rings. The van der Waals surface area contributed by atoms with Crippen LogP contribution in [0.3, 0.4) is 0 Å². The Morgan fingerprint density at radius 3 is 2.36 bits per heavy atom. The van der Waals surface area contributed by atoms with Crippen molar-refractivity contribution >= 4 is 45.0 Å². The molecule has 0 radical (unpaired) electrons. The number of carbonyl (C=O) groups excluding carboxylic acids is 1. The molecule has 2 heterocycles. The van der Waals surface area contributed by atoms with Crippen molar-refractivity contribution in [2.24, 2.45) is 7.05 Å². The third kappa shape index (κ3) is 4.55. The Kier molecular flexibility index (Phi) is 6.93. The fraction of sp³-hybridized carbons (Fsp3) is 0.207. The maximum atomic E-state index is 13.6. The van der Waals surface area contributed by atoms with Gasteiger partial charge in [-0.1, -0.05) is 29.8 Å². The Labute approximate surface area is 229 Å². The Balaban J connectivity index is 1.54. The van der Waals surface area contributed by atoms with E-state index < -0.39 is 0 Å². The monoisotopic (exact) mass is 546 g/mol. The van der Waals surface area contributed by atoms with Gasteiger partial charge in [-0.3, -0.25) is 18.8 Å². The molecule has 0 saturated heterocycles. The predicted molar refractivity (Wildman–Crippen MR) is 152 cm³/mol. The number of likely N-dealkylation sites (N-methyl/N-ethyl adjacent to an activating group) is 1. The lowest BCUT2D eigenvalue weighted by atomic mass is 10.1. The van der Waals surface area contributed by atoms with Crippen LogP contribution in [-0.4, -0.2) is 48.6 Å². The Bertz CT molecular complexity index is 1770. The fourth-order valence-corrected chi connectivity index (χ4v) is 5.01. The van der Waals surface area contributed by atoms with Crippen molar-refractivity contribution in [2.75, 3.05) is 33.3 Å². The normalized spacial score (nSPS) is 11.1. The van der Waals surface area contributed by atoms with Gasteiger partial charge in [-0.2, -0.15) is 5.10 Å². The van der Waals surface area contributed by atoms with Gasteiger partial charge in [0, 0.05) is 43.5 Å². The van der Waals surface area contributed by atoms with Gasteiger partial charge in [0.05, 0.1) is 49.4 Å². The third-order valence-corrected chi connectivity index (χ3v) is 6.98. The number of benzene rings is 3. The van der Waals surface area contributed by atoms with Crippen molar-refractivity contribution < 1.29 is 19.0 Å². The number of aromatic nitrogens is 3. The van der Waals surface area contributed by atoms with Crippen molar-refractivity contribution in [3.63, 3.8) is 0 Å². The molecule has 0 atom stereocenters. The number of hydrogen-bond acceptors (Lipinski definition) is 6. The lowest BCUT2D eigenvalue weighted by Gasteiger charge is -2.21. The SMILES string of the molecule is COc1cc(N(C)C(=O)Cc2cccc(-n3c(=O)c4cn(C)nc4c4c(Cl)cccc43)c2)cc(OC)c1OC. The first-order valence-electron chi connectivity index (χ1n) is 12.1. The standard InChI is InChI=1S/C29H27ClN4O5/c1-32-16-20-27(31-32)26-21(30)10-7-11-22(26)34(29(20)36)18-9-6-8-17(12-18)13-25(35)33(2)19-14-23(37-3)28(39-5)24(15-19)38-4/h6-12,14-16H,13H2,1-5H3. The highest BCUT2D eigenvalue weighted by molar-refractivity contribution is 6.37. The summed E-state index contributed by atoms with van der Waals surface area (Å²) >= 11 is 6.57. The molecule has 0 N–H and O–H groups in total. The molecule has 5 rings (SSSR count). The number of methoxy groups -OCH3 is 3. The van der Waals surface area contributed by atoms with E-state index in [4.69, 9.17) is 25.8 Å². The zero-order valence-electron chi connectivity index (χ0n) is 22.2. The van der Waals surface area contributed by atoms with Crippen LogP contribution in [0.2, 0.25) is 5.02 Å². The number of halogens is 1. The Morgan fingerprint density at radius 2 is 1.69 bits per heavy atom. The summed E-state index contributed by atoms with van der Waals surface area (Å²) in [6, 6.07) is 16.2. The van der Waals surface area contributed by atoms with Crippen molar-refractivity contribution in [3.8, 4) is 22.9 Å². The van der Waals surface area contributed by atoms with Crippen LogP contribution in [0.1, 0.15) is 5.56 Å². The number of rotatable bonds is 7. The summed E-state index contributed by atoms with van der Waals surface area (Å²) < 4.78 is 19.5. The molecule has 39 heavy (non-hydrogen) atoms. The highest BCUT2D eigenvalue weighted by Crippen LogP contribution is 2.41. The minimum Gasteiger partial charge on any atom is -0.493 e. The predicted octanol–water partition coefficient (Wildman–Crippen LogP) is 4.76. The first-order valence-corrected chi connectivity index (χ1v) is 12.5. The smallest absolute Gasteiger partial charge is 0.266 e. The summed E-state index contributed by atoms with van der Waals surface area (Å²) in [5.41, 5.74) is 2.92. The number of fused-ring (bicyclic) bond motifs is 3. The second-order valence-corrected chi connectivity index (χ2v) is 9.43. The first-order chi connectivity index (χ1) is 18.8. The minimum atomic E-state index is -0.217. The number of carbonyl (C=O) groups is 1.